The molecule has 1 aliphatic rings. The maximum atomic E-state index is 12.4. The van der Waals surface area contributed by atoms with Crippen LogP contribution in [0.5, 0.6) is 11.6 Å². The van der Waals surface area contributed by atoms with E-state index in [2.05, 4.69) is 31.9 Å². The molecule has 0 aliphatic carbocycles. The number of nitrogens with zero attached hydrogens (tertiary/aromatic N) is 5. The molecule has 34 heavy (non-hydrogen) atoms. The van der Waals surface area contributed by atoms with E-state index in [1.807, 2.05) is 17.3 Å². The summed E-state index contributed by atoms with van der Waals surface area (Å²) in [6.45, 7) is 5.29. The van der Waals surface area contributed by atoms with Crippen molar-refractivity contribution in [1.82, 2.24) is 29.6 Å². The molecule has 2 amide bonds. The summed E-state index contributed by atoms with van der Waals surface area (Å²) in [6.07, 6.45) is 10.2. The van der Waals surface area contributed by atoms with E-state index in [9.17, 15) is 9.59 Å². The van der Waals surface area contributed by atoms with Gasteiger partial charge in [0.15, 0.2) is 5.65 Å². The number of H-pyrrole nitrogens is 1. The molecule has 5 rings (SSSR count). The number of carbonyl (C=O) groups is 2. The topological polar surface area (TPSA) is 118 Å². The Kier molecular flexibility index (Phi) is 5.77. The van der Waals surface area contributed by atoms with Crippen LogP contribution in [0.2, 0.25) is 0 Å². The zero-order chi connectivity index (χ0) is 23.5. The molecule has 0 atom stereocenters. The van der Waals surface area contributed by atoms with Crippen molar-refractivity contribution in [2.75, 3.05) is 18.4 Å². The molecule has 0 radical (unpaired) electrons. The van der Waals surface area contributed by atoms with Gasteiger partial charge in [-0.25, -0.2) is 9.97 Å². The number of likely N-dealkylation sites (tertiary alicyclic amines) is 1. The van der Waals surface area contributed by atoms with Crippen molar-refractivity contribution in [1.29, 1.82) is 0 Å². The largest absolute Gasteiger partial charge is 0.437 e. The lowest BCUT2D eigenvalue weighted by atomic mass is 10.2. The Labute approximate surface area is 195 Å². The summed E-state index contributed by atoms with van der Waals surface area (Å²) < 4.78 is 7.53. The second-order valence-corrected chi connectivity index (χ2v) is 7.95. The lowest BCUT2D eigenvalue weighted by Gasteiger charge is -2.14. The van der Waals surface area contributed by atoms with Gasteiger partial charge in [0.2, 0.25) is 17.7 Å². The molecular formula is C24H23N7O3. The highest BCUT2D eigenvalue weighted by Crippen LogP contribution is 2.29. The Morgan fingerprint density at radius 1 is 1.24 bits per heavy atom. The fourth-order valence-electron chi connectivity index (χ4n) is 3.89. The first kappa shape index (κ1) is 21.4. The lowest BCUT2D eigenvalue weighted by molar-refractivity contribution is -0.130. The van der Waals surface area contributed by atoms with E-state index in [-0.39, 0.29) is 18.4 Å². The molecule has 10 nitrogen and oxygen atoms in total. The molecule has 3 aromatic heterocycles. The van der Waals surface area contributed by atoms with Crippen molar-refractivity contribution in [2.45, 2.75) is 19.4 Å². The van der Waals surface area contributed by atoms with Crippen molar-refractivity contribution < 1.29 is 14.3 Å². The molecule has 0 bridgehead atoms. The number of benzene rings is 1. The smallest absolute Gasteiger partial charge is 0.247 e. The minimum atomic E-state index is -0.307. The quantitative estimate of drug-likeness (QED) is 0.411. The number of hydrogen-bond acceptors (Lipinski definition) is 6. The van der Waals surface area contributed by atoms with Gasteiger partial charge in [0, 0.05) is 48.4 Å². The van der Waals surface area contributed by atoms with Crippen LogP contribution < -0.4 is 10.1 Å². The molecule has 4 heterocycles. The molecule has 1 aliphatic heterocycles. The van der Waals surface area contributed by atoms with Crippen LogP contribution in [0.3, 0.4) is 0 Å². The van der Waals surface area contributed by atoms with Gasteiger partial charge in [-0.15, -0.1) is 0 Å². The Morgan fingerprint density at radius 3 is 2.91 bits per heavy atom. The molecule has 0 saturated carbocycles. The minimum Gasteiger partial charge on any atom is -0.437 e. The number of rotatable bonds is 7. The number of ether oxygens (including phenoxy) is 1. The summed E-state index contributed by atoms with van der Waals surface area (Å²) in [5.41, 5.74) is 3.44. The maximum Gasteiger partial charge on any atom is 0.247 e. The summed E-state index contributed by atoms with van der Waals surface area (Å²) >= 11 is 0. The fraction of sp³-hybridized carbons (Fsp3) is 0.208. The molecule has 1 fully saturated rings. The predicted octanol–water partition coefficient (Wildman–Crippen LogP) is 3.36. The van der Waals surface area contributed by atoms with Crippen LogP contribution in [0.4, 0.5) is 5.69 Å². The van der Waals surface area contributed by atoms with Crippen LogP contribution in [-0.2, 0) is 16.1 Å². The zero-order valence-electron chi connectivity index (χ0n) is 18.4. The number of hydrogen-bond donors (Lipinski definition) is 2. The van der Waals surface area contributed by atoms with E-state index in [1.54, 1.807) is 35.1 Å². The van der Waals surface area contributed by atoms with Gasteiger partial charge in [0.25, 0.3) is 0 Å². The molecule has 10 heteroatoms. The molecular weight excluding hydrogens is 434 g/mol. The molecule has 4 aromatic rings. The van der Waals surface area contributed by atoms with Gasteiger partial charge in [-0.2, -0.15) is 5.10 Å². The number of aromatic nitrogens is 5. The van der Waals surface area contributed by atoms with E-state index in [4.69, 9.17) is 4.74 Å². The van der Waals surface area contributed by atoms with Crippen LogP contribution in [0.1, 0.15) is 12.8 Å². The van der Waals surface area contributed by atoms with Crippen molar-refractivity contribution >= 4 is 28.7 Å². The number of carbonyl (C=O) groups excluding carboxylic acids is 2. The van der Waals surface area contributed by atoms with Crippen molar-refractivity contribution in [3.8, 4) is 22.8 Å². The van der Waals surface area contributed by atoms with Gasteiger partial charge in [-0.3, -0.25) is 14.3 Å². The number of aromatic amines is 1. The van der Waals surface area contributed by atoms with E-state index < -0.39 is 0 Å². The van der Waals surface area contributed by atoms with Crippen molar-refractivity contribution in [3.63, 3.8) is 0 Å². The number of nitrogens with one attached hydrogen (secondary N) is 2. The van der Waals surface area contributed by atoms with Gasteiger partial charge >= 0.3 is 0 Å². The van der Waals surface area contributed by atoms with E-state index in [1.165, 1.54) is 12.3 Å². The number of fused-ring (bicyclic) bond motifs is 1. The van der Waals surface area contributed by atoms with Crippen LogP contribution in [0.25, 0.3) is 22.3 Å². The molecule has 1 aromatic carbocycles. The first-order valence-corrected chi connectivity index (χ1v) is 10.9. The molecule has 2 N–H and O–H groups in total. The summed E-state index contributed by atoms with van der Waals surface area (Å²) in [5, 5.41) is 7.05. The highest BCUT2D eigenvalue weighted by atomic mass is 16.5. The van der Waals surface area contributed by atoms with Crippen LogP contribution in [0.15, 0.2) is 61.7 Å². The molecule has 1 saturated heterocycles. The summed E-state index contributed by atoms with van der Waals surface area (Å²) in [7, 11) is 0. The Balaban J connectivity index is 1.35. The van der Waals surface area contributed by atoms with Gasteiger partial charge < -0.3 is 19.9 Å². The number of anilines is 1. The lowest BCUT2D eigenvalue weighted by Crippen LogP contribution is -2.31. The zero-order valence-corrected chi connectivity index (χ0v) is 18.4. The molecule has 0 unspecified atom stereocenters. The highest BCUT2D eigenvalue weighted by Gasteiger charge is 2.19. The second-order valence-electron chi connectivity index (χ2n) is 7.95. The summed E-state index contributed by atoms with van der Waals surface area (Å²) in [5.74, 6) is 0.573. The monoisotopic (exact) mass is 457 g/mol. The molecule has 0 spiro atoms. The predicted molar refractivity (Wildman–Crippen MR) is 126 cm³/mol. The first-order valence-electron chi connectivity index (χ1n) is 10.9. The van der Waals surface area contributed by atoms with Gasteiger partial charge in [-0.1, -0.05) is 12.6 Å². The normalized spacial score (nSPS) is 13.2. The maximum absolute atomic E-state index is 12.4. The minimum absolute atomic E-state index is 0.0769. The fourth-order valence-corrected chi connectivity index (χ4v) is 3.89. The Hall–Kier alpha value is -4.47. The average molecular weight is 457 g/mol. The Morgan fingerprint density at radius 2 is 2.09 bits per heavy atom. The third kappa shape index (κ3) is 4.51. The standard InChI is InChI=1S/C24H23N7O3/c1-2-20(32)28-17-6-5-7-18(10-17)34-21-13-26-24-23(29-21)19(12-25-24)16-11-27-31(14-16)15-22(33)30-8-3-4-9-30/h2,5-7,10-14H,1,3-4,8-9,15H2,(H,25,26)(H,28,32). The Bertz CT molecular complexity index is 1370. The third-order valence-corrected chi connectivity index (χ3v) is 5.57. The highest BCUT2D eigenvalue weighted by molar-refractivity contribution is 5.99. The van der Waals surface area contributed by atoms with E-state index in [0.717, 1.165) is 37.1 Å². The van der Waals surface area contributed by atoms with E-state index in [0.29, 0.717) is 28.5 Å². The van der Waals surface area contributed by atoms with E-state index >= 15 is 0 Å². The summed E-state index contributed by atoms with van der Waals surface area (Å²) in [4.78, 5) is 38.0. The van der Waals surface area contributed by atoms with Crippen molar-refractivity contribution in [3.05, 3.63) is 61.7 Å². The van der Waals surface area contributed by atoms with Crippen LogP contribution in [-0.4, -0.2) is 54.5 Å². The first-order chi connectivity index (χ1) is 16.6. The summed E-state index contributed by atoms with van der Waals surface area (Å²) in [6, 6.07) is 6.96. The molecule has 172 valence electrons. The van der Waals surface area contributed by atoms with Crippen molar-refractivity contribution in [2.24, 2.45) is 0 Å². The average Bonchev–Trinajstić information content (AvgIpc) is 3.60. The van der Waals surface area contributed by atoms with Crippen LogP contribution >= 0.6 is 0 Å². The number of amides is 2. The third-order valence-electron chi connectivity index (χ3n) is 5.57. The van der Waals surface area contributed by atoms with Gasteiger partial charge in [-0.05, 0) is 31.1 Å². The SMILES string of the molecule is C=CC(=O)Nc1cccc(Oc2cnc3[nH]cc(-c4cnn(CC(=O)N5CCCC5)c4)c3n2)c1. The second kappa shape index (κ2) is 9.18. The van der Waals surface area contributed by atoms with Gasteiger partial charge in [0.1, 0.15) is 17.8 Å². The van der Waals surface area contributed by atoms with Crippen LogP contribution in [0, 0.1) is 0 Å². The van der Waals surface area contributed by atoms with Gasteiger partial charge in [0.05, 0.1) is 12.4 Å².